The van der Waals surface area contributed by atoms with Crippen LogP contribution in [0.5, 0.6) is 0 Å². The number of aryl methyl sites for hydroxylation is 1. The molecule has 0 aliphatic rings. The molecule has 0 atom stereocenters. The molecular weight excluding hydrogens is 355 g/mol. The second-order valence-corrected chi connectivity index (χ2v) is 6.52. The van der Waals surface area contributed by atoms with Crippen LogP contribution in [0.1, 0.15) is 22.3 Å². The average molecular weight is 374 g/mol. The average Bonchev–Trinajstić information content (AvgIpc) is 3.15. The molecule has 0 spiro atoms. The van der Waals surface area contributed by atoms with Gasteiger partial charge >= 0.3 is 0 Å². The molecule has 0 unspecified atom stereocenters. The second kappa shape index (κ2) is 8.00. The Morgan fingerprint density at radius 3 is 2.57 bits per heavy atom. The van der Waals surface area contributed by atoms with Gasteiger partial charge in [-0.1, -0.05) is 30.3 Å². The topological polar surface area (TPSA) is 59.3 Å². The van der Waals surface area contributed by atoms with Gasteiger partial charge in [-0.05, 0) is 54.8 Å². The number of fused-ring (bicyclic) bond motifs is 1. The number of hydrogen-bond acceptors (Lipinski definition) is 3. The van der Waals surface area contributed by atoms with E-state index in [1.807, 2.05) is 18.2 Å². The molecule has 2 heterocycles. The van der Waals surface area contributed by atoms with Crippen LogP contribution in [-0.2, 0) is 6.42 Å². The van der Waals surface area contributed by atoms with Crippen LogP contribution >= 0.6 is 0 Å². The van der Waals surface area contributed by atoms with E-state index in [4.69, 9.17) is 0 Å². The molecule has 0 saturated heterocycles. The van der Waals surface area contributed by atoms with E-state index in [-0.39, 0.29) is 11.7 Å². The van der Waals surface area contributed by atoms with Crippen molar-refractivity contribution in [3.63, 3.8) is 0 Å². The molecular formula is C22H19FN4O. The van der Waals surface area contributed by atoms with Gasteiger partial charge in [0.1, 0.15) is 5.82 Å². The molecule has 0 fully saturated rings. The van der Waals surface area contributed by atoms with E-state index in [2.05, 4.69) is 27.6 Å². The maximum absolute atomic E-state index is 13.1. The molecule has 140 valence electrons. The van der Waals surface area contributed by atoms with Crippen LogP contribution in [0.25, 0.3) is 17.0 Å². The SMILES string of the molecule is O=C(NCCCc1ccccc1)c1ccn2c(-c3ccc(F)cc3)nnc2c1. The summed E-state index contributed by atoms with van der Waals surface area (Å²) in [7, 11) is 0. The van der Waals surface area contributed by atoms with Crippen LogP contribution in [-0.4, -0.2) is 27.0 Å². The third-order valence-corrected chi connectivity index (χ3v) is 4.55. The van der Waals surface area contributed by atoms with Gasteiger partial charge in [0, 0.05) is 23.9 Å². The van der Waals surface area contributed by atoms with Crippen molar-refractivity contribution < 1.29 is 9.18 Å². The van der Waals surface area contributed by atoms with Crippen LogP contribution in [0.4, 0.5) is 4.39 Å². The molecule has 6 heteroatoms. The molecule has 0 bridgehead atoms. The smallest absolute Gasteiger partial charge is 0.251 e. The van der Waals surface area contributed by atoms with Gasteiger partial charge in [-0.2, -0.15) is 0 Å². The van der Waals surface area contributed by atoms with E-state index in [1.165, 1.54) is 17.7 Å². The minimum absolute atomic E-state index is 0.137. The van der Waals surface area contributed by atoms with Crippen molar-refractivity contribution >= 4 is 11.6 Å². The van der Waals surface area contributed by atoms with Crippen molar-refractivity contribution in [2.75, 3.05) is 6.54 Å². The molecule has 5 nitrogen and oxygen atoms in total. The summed E-state index contributed by atoms with van der Waals surface area (Å²) in [5, 5.41) is 11.2. The zero-order valence-electron chi connectivity index (χ0n) is 15.2. The van der Waals surface area contributed by atoms with Crippen molar-refractivity contribution in [3.8, 4) is 11.4 Å². The van der Waals surface area contributed by atoms with Gasteiger partial charge in [-0.25, -0.2) is 4.39 Å². The van der Waals surface area contributed by atoms with Gasteiger partial charge in [0.15, 0.2) is 11.5 Å². The summed E-state index contributed by atoms with van der Waals surface area (Å²) in [6.45, 7) is 0.604. The highest BCUT2D eigenvalue weighted by atomic mass is 19.1. The van der Waals surface area contributed by atoms with Gasteiger partial charge < -0.3 is 5.32 Å². The fourth-order valence-corrected chi connectivity index (χ4v) is 3.07. The minimum atomic E-state index is -0.302. The van der Waals surface area contributed by atoms with Crippen LogP contribution in [0.2, 0.25) is 0 Å². The third kappa shape index (κ3) is 3.91. The number of rotatable bonds is 6. The summed E-state index contributed by atoms with van der Waals surface area (Å²) < 4.78 is 14.9. The summed E-state index contributed by atoms with van der Waals surface area (Å²) in [6.07, 6.45) is 3.55. The minimum Gasteiger partial charge on any atom is -0.352 e. The first-order chi connectivity index (χ1) is 13.7. The Labute approximate surface area is 161 Å². The zero-order chi connectivity index (χ0) is 19.3. The molecule has 2 aromatic heterocycles. The molecule has 1 N–H and O–H groups in total. The van der Waals surface area contributed by atoms with Crippen LogP contribution in [0, 0.1) is 5.82 Å². The fraction of sp³-hybridized carbons (Fsp3) is 0.136. The molecule has 0 aliphatic heterocycles. The number of amides is 1. The number of pyridine rings is 1. The summed E-state index contributed by atoms with van der Waals surface area (Å²) in [5.74, 6) is 0.163. The number of nitrogens with zero attached hydrogens (tertiary/aromatic N) is 3. The lowest BCUT2D eigenvalue weighted by Gasteiger charge is -2.06. The monoisotopic (exact) mass is 374 g/mol. The lowest BCUT2D eigenvalue weighted by Crippen LogP contribution is -2.24. The summed E-state index contributed by atoms with van der Waals surface area (Å²) in [6, 6.07) is 19.7. The van der Waals surface area contributed by atoms with Gasteiger partial charge in [-0.15, -0.1) is 10.2 Å². The Balaban J connectivity index is 1.41. The van der Waals surface area contributed by atoms with Crippen molar-refractivity contribution in [2.45, 2.75) is 12.8 Å². The van der Waals surface area contributed by atoms with E-state index in [0.717, 1.165) is 18.4 Å². The number of carbonyl (C=O) groups is 1. The third-order valence-electron chi connectivity index (χ3n) is 4.55. The van der Waals surface area contributed by atoms with Gasteiger partial charge in [-0.3, -0.25) is 9.20 Å². The Morgan fingerprint density at radius 2 is 1.79 bits per heavy atom. The maximum Gasteiger partial charge on any atom is 0.251 e. The van der Waals surface area contributed by atoms with Crippen LogP contribution in [0.15, 0.2) is 72.9 Å². The van der Waals surface area contributed by atoms with Gasteiger partial charge in [0.05, 0.1) is 0 Å². The molecule has 0 saturated carbocycles. The number of carbonyl (C=O) groups excluding carboxylic acids is 1. The normalized spacial score (nSPS) is 10.9. The first kappa shape index (κ1) is 17.9. The molecule has 4 aromatic rings. The highest BCUT2D eigenvalue weighted by molar-refractivity contribution is 5.95. The molecule has 28 heavy (non-hydrogen) atoms. The largest absolute Gasteiger partial charge is 0.352 e. The number of hydrogen-bond donors (Lipinski definition) is 1. The second-order valence-electron chi connectivity index (χ2n) is 6.52. The molecule has 0 aliphatic carbocycles. The highest BCUT2D eigenvalue weighted by Crippen LogP contribution is 2.19. The number of benzene rings is 2. The first-order valence-corrected chi connectivity index (χ1v) is 9.13. The van der Waals surface area contributed by atoms with Crippen molar-refractivity contribution in [3.05, 3.63) is 89.9 Å². The van der Waals surface area contributed by atoms with Gasteiger partial charge in [0.25, 0.3) is 5.91 Å². The van der Waals surface area contributed by atoms with Crippen molar-refractivity contribution in [1.82, 2.24) is 19.9 Å². The summed E-state index contributed by atoms with van der Waals surface area (Å²) in [5.41, 5.74) is 3.11. The lowest BCUT2D eigenvalue weighted by atomic mass is 10.1. The Morgan fingerprint density at radius 1 is 1.00 bits per heavy atom. The lowest BCUT2D eigenvalue weighted by molar-refractivity contribution is 0.0953. The number of aromatic nitrogens is 3. The number of nitrogens with one attached hydrogen (secondary N) is 1. The Kier molecular flexibility index (Phi) is 5.10. The fourth-order valence-electron chi connectivity index (χ4n) is 3.07. The Hall–Kier alpha value is -3.54. The van der Waals surface area contributed by atoms with E-state index in [0.29, 0.717) is 23.6 Å². The molecule has 2 aromatic carbocycles. The van der Waals surface area contributed by atoms with Crippen molar-refractivity contribution in [2.24, 2.45) is 0 Å². The highest BCUT2D eigenvalue weighted by Gasteiger charge is 2.11. The predicted molar refractivity (Wildman–Crippen MR) is 105 cm³/mol. The van der Waals surface area contributed by atoms with Crippen LogP contribution in [0.3, 0.4) is 0 Å². The van der Waals surface area contributed by atoms with E-state index < -0.39 is 0 Å². The Bertz CT molecular complexity index is 1090. The van der Waals surface area contributed by atoms with Crippen molar-refractivity contribution in [1.29, 1.82) is 0 Å². The number of halogens is 1. The van der Waals surface area contributed by atoms with Crippen LogP contribution < -0.4 is 5.32 Å². The quantitative estimate of drug-likeness (QED) is 0.521. The zero-order valence-corrected chi connectivity index (χ0v) is 15.2. The summed E-state index contributed by atoms with van der Waals surface area (Å²) in [4.78, 5) is 12.4. The van der Waals surface area contributed by atoms with E-state index in [1.54, 1.807) is 34.9 Å². The molecule has 4 rings (SSSR count). The molecule has 1 amide bonds. The van der Waals surface area contributed by atoms with E-state index in [9.17, 15) is 9.18 Å². The maximum atomic E-state index is 13.1. The van der Waals surface area contributed by atoms with Gasteiger partial charge in [0.2, 0.25) is 0 Å². The standard InChI is InChI=1S/C22H19FN4O/c23-19-10-8-17(9-11-19)21-26-25-20-15-18(12-14-27(20)21)22(28)24-13-4-7-16-5-2-1-3-6-16/h1-3,5-6,8-12,14-15H,4,7,13H2,(H,24,28). The van der Waals surface area contributed by atoms with E-state index >= 15 is 0 Å². The first-order valence-electron chi connectivity index (χ1n) is 9.13. The summed E-state index contributed by atoms with van der Waals surface area (Å²) >= 11 is 0. The molecule has 0 radical (unpaired) electrons. The predicted octanol–water partition coefficient (Wildman–Crippen LogP) is 3.90.